The van der Waals surface area contributed by atoms with E-state index in [0.717, 1.165) is 19.3 Å². The van der Waals surface area contributed by atoms with Crippen LogP contribution in [-0.4, -0.2) is 40.1 Å². The van der Waals surface area contributed by atoms with Crippen LogP contribution in [-0.2, 0) is 10.0 Å². The first-order chi connectivity index (χ1) is 10.1. The third-order valence-corrected chi connectivity index (χ3v) is 5.76. The van der Waals surface area contributed by atoms with E-state index in [0.29, 0.717) is 12.4 Å². The van der Waals surface area contributed by atoms with Crippen LogP contribution in [0.15, 0.2) is 41.7 Å². The summed E-state index contributed by atoms with van der Waals surface area (Å²) in [6.45, 7) is 2.54. The highest BCUT2D eigenvalue weighted by atomic mass is 32.2. The van der Waals surface area contributed by atoms with Gasteiger partial charge in [-0.3, -0.25) is 0 Å². The lowest BCUT2D eigenvalue weighted by Crippen LogP contribution is -2.41. The molecule has 0 spiro atoms. The number of rotatable bonds is 3. The first kappa shape index (κ1) is 14.2. The number of sulfonamides is 1. The SMILES string of the molecule is C[C@H]1CCCCN1S(=O)(=O)c1cnn(-c2ccccn2)c1. The van der Waals surface area contributed by atoms with Gasteiger partial charge in [0.2, 0.25) is 10.0 Å². The minimum atomic E-state index is -3.48. The lowest BCUT2D eigenvalue weighted by molar-refractivity contribution is 0.268. The third-order valence-electron chi connectivity index (χ3n) is 3.79. The Bertz CT molecular complexity index is 712. The quantitative estimate of drug-likeness (QED) is 0.867. The summed E-state index contributed by atoms with van der Waals surface area (Å²) in [5, 5.41) is 4.12. The standard InChI is InChI=1S/C14H18N4O2S/c1-12-6-3-5-9-18(12)21(19,20)13-10-16-17(11-13)14-7-2-4-8-15-14/h2,4,7-8,10-12H,3,5-6,9H2,1H3/t12-/m0/s1. The normalized spacial score (nSPS) is 20.5. The van der Waals surface area contributed by atoms with Crippen LogP contribution in [0, 0.1) is 0 Å². The number of hydrogen-bond acceptors (Lipinski definition) is 4. The van der Waals surface area contributed by atoms with Crippen LogP contribution < -0.4 is 0 Å². The summed E-state index contributed by atoms with van der Waals surface area (Å²) in [5.41, 5.74) is 0. The fourth-order valence-electron chi connectivity index (χ4n) is 2.62. The van der Waals surface area contributed by atoms with Crippen molar-refractivity contribution in [1.29, 1.82) is 0 Å². The number of hydrogen-bond donors (Lipinski definition) is 0. The Kier molecular flexibility index (Phi) is 3.77. The summed E-state index contributed by atoms with van der Waals surface area (Å²) in [6, 6.07) is 5.47. The van der Waals surface area contributed by atoms with Crippen LogP contribution in [0.25, 0.3) is 5.82 Å². The second-order valence-corrected chi connectivity index (χ2v) is 7.16. The molecule has 1 aliphatic heterocycles. The average molecular weight is 306 g/mol. The van der Waals surface area contributed by atoms with Crippen LogP contribution >= 0.6 is 0 Å². The monoisotopic (exact) mass is 306 g/mol. The molecule has 21 heavy (non-hydrogen) atoms. The van der Waals surface area contributed by atoms with Gasteiger partial charge in [0.1, 0.15) is 4.90 Å². The lowest BCUT2D eigenvalue weighted by atomic mass is 10.1. The van der Waals surface area contributed by atoms with E-state index in [1.807, 2.05) is 13.0 Å². The summed E-state index contributed by atoms with van der Waals surface area (Å²) < 4.78 is 28.5. The molecular weight excluding hydrogens is 288 g/mol. The Morgan fingerprint density at radius 3 is 2.86 bits per heavy atom. The molecule has 0 aromatic carbocycles. The van der Waals surface area contributed by atoms with Crippen LogP contribution in [0.5, 0.6) is 0 Å². The van der Waals surface area contributed by atoms with Gasteiger partial charge in [-0.25, -0.2) is 18.1 Å². The van der Waals surface area contributed by atoms with E-state index < -0.39 is 10.0 Å². The maximum Gasteiger partial charge on any atom is 0.246 e. The molecule has 2 aromatic heterocycles. The van der Waals surface area contributed by atoms with Crippen molar-refractivity contribution < 1.29 is 8.42 Å². The summed E-state index contributed by atoms with van der Waals surface area (Å²) in [4.78, 5) is 4.39. The summed E-state index contributed by atoms with van der Waals surface area (Å²) >= 11 is 0. The first-order valence-corrected chi connectivity index (χ1v) is 8.51. The van der Waals surface area contributed by atoms with E-state index in [9.17, 15) is 8.42 Å². The molecule has 6 nitrogen and oxygen atoms in total. The number of aromatic nitrogens is 3. The van der Waals surface area contributed by atoms with Gasteiger partial charge in [0, 0.05) is 18.8 Å². The van der Waals surface area contributed by atoms with Crippen molar-refractivity contribution in [2.45, 2.75) is 37.1 Å². The summed E-state index contributed by atoms with van der Waals surface area (Å²) in [5.74, 6) is 0.602. The molecule has 0 aliphatic carbocycles. The molecule has 0 amide bonds. The molecule has 1 saturated heterocycles. The molecule has 1 aliphatic rings. The van der Waals surface area contributed by atoms with E-state index in [-0.39, 0.29) is 10.9 Å². The van der Waals surface area contributed by atoms with Gasteiger partial charge in [-0.15, -0.1) is 0 Å². The van der Waals surface area contributed by atoms with Crippen LogP contribution in [0.1, 0.15) is 26.2 Å². The van der Waals surface area contributed by atoms with Gasteiger partial charge in [-0.1, -0.05) is 12.5 Å². The predicted octanol–water partition coefficient (Wildman–Crippen LogP) is 1.83. The first-order valence-electron chi connectivity index (χ1n) is 7.07. The van der Waals surface area contributed by atoms with E-state index >= 15 is 0 Å². The molecule has 3 heterocycles. The van der Waals surface area contributed by atoms with Crippen LogP contribution in [0.3, 0.4) is 0 Å². The van der Waals surface area contributed by atoms with Gasteiger partial charge in [0.05, 0.1) is 12.4 Å². The van der Waals surface area contributed by atoms with E-state index in [2.05, 4.69) is 10.1 Å². The van der Waals surface area contributed by atoms with Crippen molar-refractivity contribution in [3.63, 3.8) is 0 Å². The molecule has 0 radical (unpaired) electrons. The zero-order valence-corrected chi connectivity index (χ0v) is 12.7. The minimum Gasteiger partial charge on any atom is -0.237 e. The van der Waals surface area contributed by atoms with E-state index in [1.54, 1.807) is 22.6 Å². The van der Waals surface area contributed by atoms with Gasteiger partial charge in [-0.05, 0) is 31.9 Å². The smallest absolute Gasteiger partial charge is 0.237 e. The Labute approximate surface area is 124 Å². The Morgan fingerprint density at radius 1 is 1.29 bits per heavy atom. The fraction of sp³-hybridized carbons (Fsp3) is 0.429. The molecular formula is C14H18N4O2S. The van der Waals surface area contributed by atoms with Crippen molar-refractivity contribution in [1.82, 2.24) is 19.1 Å². The summed E-state index contributed by atoms with van der Waals surface area (Å²) in [6.07, 6.45) is 7.48. The zero-order valence-electron chi connectivity index (χ0n) is 11.9. The van der Waals surface area contributed by atoms with Crippen LogP contribution in [0.2, 0.25) is 0 Å². The Balaban J connectivity index is 1.92. The highest BCUT2D eigenvalue weighted by molar-refractivity contribution is 7.89. The maximum absolute atomic E-state index is 12.7. The molecule has 1 fully saturated rings. The Hall–Kier alpha value is -1.73. The minimum absolute atomic E-state index is 0.0435. The lowest BCUT2D eigenvalue weighted by Gasteiger charge is -2.31. The largest absolute Gasteiger partial charge is 0.246 e. The second-order valence-electron chi connectivity index (χ2n) is 5.27. The van der Waals surface area contributed by atoms with Gasteiger partial charge in [0.15, 0.2) is 5.82 Å². The van der Waals surface area contributed by atoms with Gasteiger partial charge >= 0.3 is 0 Å². The Morgan fingerprint density at radius 2 is 2.14 bits per heavy atom. The van der Waals surface area contributed by atoms with Gasteiger partial charge in [-0.2, -0.15) is 9.40 Å². The molecule has 3 rings (SSSR count). The molecule has 112 valence electrons. The van der Waals surface area contributed by atoms with E-state index in [1.165, 1.54) is 17.1 Å². The van der Waals surface area contributed by atoms with Crippen molar-refractivity contribution in [2.75, 3.05) is 6.54 Å². The average Bonchev–Trinajstić information content (AvgIpc) is 2.99. The van der Waals surface area contributed by atoms with Crippen molar-refractivity contribution >= 4 is 10.0 Å². The fourth-order valence-corrected chi connectivity index (χ4v) is 4.25. The maximum atomic E-state index is 12.7. The molecule has 0 saturated carbocycles. The molecule has 0 bridgehead atoms. The molecule has 2 aromatic rings. The number of pyridine rings is 1. The van der Waals surface area contributed by atoms with E-state index in [4.69, 9.17) is 0 Å². The molecule has 7 heteroatoms. The number of nitrogens with zero attached hydrogens (tertiary/aromatic N) is 4. The van der Waals surface area contributed by atoms with Gasteiger partial charge in [0.25, 0.3) is 0 Å². The van der Waals surface area contributed by atoms with Gasteiger partial charge < -0.3 is 0 Å². The van der Waals surface area contributed by atoms with Crippen LogP contribution in [0.4, 0.5) is 0 Å². The summed E-state index contributed by atoms with van der Waals surface area (Å²) in [7, 11) is -3.48. The topological polar surface area (TPSA) is 68.1 Å². The molecule has 0 unspecified atom stereocenters. The highest BCUT2D eigenvalue weighted by Gasteiger charge is 2.31. The molecule has 1 atom stereocenters. The van der Waals surface area contributed by atoms with Crippen molar-refractivity contribution in [3.05, 3.63) is 36.8 Å². The zero-order chi connectivity index (χ0) is 14.9. The van der Waals surface area contributed by atoms with Crippen molar-refractivity contribution in [2.24, 2.45) is 0 Å². The second kappa shape index (κ2) is 5.57. The third kappa shape index (κ3) is 2.71. The predicted molar refractivity (Wildman–Crippen MR) is 78.6 cm³/mol. The molecule has 0 N–H and O–H groups in total. The number of piperidine rings is 1. The highest BCUT2D eigenvalue weighted by Crippen LogP contribution is 2.25. The van der Waals surface area contributed by atoms with Crippen molar-refractivity contribution in [3.8, 4) is 5.82 Å².